The molecule has 0 N–H and O–H groups in total. The molecule has 0 amide bonds. The van der Waals surface area contributed by atoms with Crippen LogP contribution in [0.1, 0.15) is 10.6 Å². The van der Waals surface area contributed by atoms with Crippen molar-refractivity contribution in [3.8, 4) is 34.6 Å². The van der Waals surface area contributed by atoms with Gasteiger partial charge < -0.3 is 14.2 Å². The topological polar surface area (TPSA) is 64.4 Å². The molecule has 0 aliphatic heterocycles. The van der Waals surface area contributed by atoms with E-state index in [1.165, 1.54) is 11.3 Å². The second-order valence-electron chi connectivity index (χ2n) is 5.66. The maximum absolute atomic E-state index is 9.67. The monoisotopic (exact) mass is 412 g/mol. The van der Waals surface area contributed by atoms with Gasteiger partial charge in [0.15, 0.2) is 0 Å². The van der Waals surface area contributed by atoms with Crippen LogP contribution in [-0.4, -0.2) is 26.3 Å². The number of benzene rings is 2. The normalized spacial score (nSPS) is 11.0. The molecule has 0 saturated heterocycles. The Bertz CT molecular complexity index is 1070. The molecule has 0 fully saturated rings. The lowest BCUT2D eigenvalue weighted by atomic mass is 10.1. The van der Waals surface area contributed by atoms with Crippen LogP contribution in [0, 0.1) is 11.3 Å². The summed E-state index contributed by atoms with van der Waals surface area (Å²) in [7, 11) is 4.76. The van der Waals surface area contributed by atoms with E-state index < -0.39 is 0 Å². The van der Waals surface area contributed by atoms with E-state index in [1.54, 1.807) is 51.7 Å². The number of nitrogens with zero attached hydrogens (tertiary/aromatic N) is 2. The van der Waals surface area contributed by atoms with Gasteiger partial charge in [0, 0.05) is 27.6 Å². The molecule has 5 nitrogen and oxygen atoms in total. The molecule has 3 aromatic rings. The zero-order chi connectivity index (χ0) is 20.1. The maximum atomic E-state index is 9.67. The number of methoxy groups -OCH3 is 3. The second kappa shape index (κ2) is 8.79. The van der Waals surface area contributed by atoms with Crippen LogP contribution in [0.2, 0.25) is 5.02 Å². The van der Waals surface area contributed by atoms with Crippen molar-refractivity contribution in [2.75, 3.05) is 21.3 Å². The molecule has 0 spiro atoms. The average molecular weight is 413 g/mol. The Labute approximate surface area is 172 Å². The fourth-order valence-electron chi connectivity index (χ4n) is 2.64. The zero-order valence-electron chi connectivity index (χ0n) is 15.5. The molecular weight excluding hydrogens is 396 g/mol. The van der Waals surface area contributed by atoms with E-state index >= 15 is 0 Å². The van der Waals surface area contributed by atoms with Crippen LogP contribution >= 0.6 is 22.9 Å². The molecular formula is C21H17ClN2O3S. The van der Waals surface area contributed by atoms with Gasteiger partial charge in [0.05, 0.1) is 32.6 Å². The number of aromatic nitrogens is 1. The van der Waals surface area contributed by atoms with Crippen LogP contribution in [0.25, 0.3) is 22.9 Å². The van der Waals surface area contributed by atoms with Gasteiger partial charge in [-0.15, -0.1) is 11.3 Å². The van der Waals surface area contributed by atoms with Gasteiger partial charge in [-0.25, -0.2) is 4.98 Å². The van der Waals surface area contributed by atoms with Crippen LogP contribution in [-0.2, 0) is 0 Å². The third kappa shape index (κ3) is 4.11. The quantitative estimate of drug-likeness (QED) is 0.496. The standard InChI is InChI=1S/C21H17ClN2O3S/c1-25-16-6-4-13(20(10-16)27-3)8-14(11-23)21-24-18(12-28-21)17-9-15(22)5-7-19(17)26-2/h4-10,12H,1-3H3. The molecule has 0 atom stereocenters. The van der Waals surface area contributed by atoms with E-state index in [1.807, 2.05) is 17.5 Å². The smallest absolute Gasteiger partial charge is 0.134 e. The van der Waals surface area contributed by atoms with E-state index in [9.17, 15) is 5.26 Å². The molecule has 7 heteroatoms. The van der Waals surface area contributed by atoms with Gasteiger partial charge in [0.2, 0.25) is 0 Å². The van der Waals surface area contributed by atoms with Gasteiger partial charge in [0.1, 0.15) is 28.3 Å². The summed E-state index contributed by atoms with van der Waals surface area (Å²) < 4.78 is 16.0. The maximum Gasteiger partial charge on any atom is 0.134 e. The summed E-state index contributed by atoms with van der Waals surface area (Å²) in [5, 5.41) is 12.7. The van der Waals surface area contributed by atoms with Crippen LogP contribution in [0.4, 0.5) is 0 Å². The third-order valence-corrected chi connectivity index (χ3v) is 5.14. The van der Waals surface area contributed by atoms with E-state index in [2.05, 4.69) is 11.1 Å². The lowest BCUT2D eigenvalue weighted by Gasteiger charge is -2.07. The van der Waals surface area contributed by atoms with Crippen molar-refractivity contribution in [2.24, 2.45) is 0 Å². The SMILES string of the molecule is COc1ccc(C=C(C#N)c2nc(-c3cc(Cl)ccc3OC)cs2)c(OC)c1. The lowest BCUT2D eigenvalue weighted by Crippen LogP contribution is -1.91. The summed E-state index contributed by atoms with van der Waals surface area (Å²) in [6, 6.07) is 13.0. The number of halogens is 1. The first-order chi connectivity index (χ1) is 13.6. The van der Waals surface area contributed by atoms with Gasteiger partial charge in [-0.05, 0) is 36.4 Å². The molecule has 0 aliphatic rings. The van der Waals surface area contributed by atoms with Crippen molar-refractivity contribution in [3.05, 3.63) is 57.4 Å². The van der Waals surface area contributed by atoms with Gasteiger partial charge in [-0.2, -0.15) is 5.26 Å². The predicted octanol–water partition coefficient (Wildman–Crippen LogP) is 5.55. The molecule has 2 aromatic carbocycles. The van der Waals surface area contributed by atoms with Crippen molar-refractivity contribution < 1.29 is 14.2 Å². The number of hydrogen-bond acceptors (Lipinski definition) is 6. The van der Waals surface area contributed by atoms with E-state index in [0.29, 0.717) is 38.5 Å². The lowest BCUT2D eigenvalue weighted by molar-refractivity contribution is 0.394. The summed E-state index contributed by atoms with van der Waals surface area (Å²) in [4.78, 5) is 4.61. The molecule has 1 aromatic heterocycles. The predicted molar refractivity (Wildman–Crippen MR) is 112 cm³/mol. The van der Waals surface area contributed by atoms with Crippen molar-refractivity contribution in [1.82, 2.24) is 4.98 Å². The molecule has 3 rings (SSSR count). The highest BCUT2D eigenvalue weighted by Gasteiger charge is 2.14. The highest BCUT2D eigenvalue weighted by molar-refractivity contribution is 7.11. The first kappa shape index (κ1) is 19.7. The summed E-state index contributed by atoms with van der Waals surface area (Å²) in [5.41, 5.74) is 2.66. The number of allylic oxidation sites excluding steroid dienone is 1. The van der Waals surface area contributed by atoms with Crippen molar-refractivity contribution >= 4 is 34.6 Å². The summed E-state index contributed by atoms with van der Waals surface area (Å²) >= 11 is 7.49. The Hall–Kier alpha value is -3.01. The summed E-state index contributed by atoms with van der Waals surface area (Å²) in [5.74, 6) is 1.96. The van der Waals surface area contributed by atoms with Crippen LogP contribution in [0.15, 0.2) is 41.8 Å². The average Bonchev–Trinajstić information content (AvgIpc) is 3.21. The molecule has 0 bridgehead atoms. The number of thiazole rings is 1. The van der Waals surface area contributed by atoms with Gasteiger partial charge in [0.25, 0.3) is 0 Å². The number of nitriles is 1. The molecule has 0 aliphatic carbocycles. The molecule has 142 valence electrons. The number of rotatable bonds is 6. The first-order valence-electron chi connectivity index (χ1n) is 8.23. The summed E-state index contributed by atoms with van der Waals surface area (Å²) in [6.07, 6.45) is 1.75. The van der Waals surface area contributed by atoms with Gasteiger partial charge >= 0.3 is 0 Å². The molecule has 28 heavy (non-hydrogen) atoms. The van der Waals surface area contributed by atoms with Gasteiger partial charge in [-0.3, -0.25) is 0 Å². The van der Waals surface area contributed by atoms with Crippen molar-refractivity contribution in [3.63, 3.8) is 0 Å². The summed E-state index contributed by atoms with van der Waals surface area (Å²) in [6.45, 7) is 0. The fraction of sp³-hybridized carbons (Fsp3) is 0.143. The highest BCUT2D eigenvalue weighted by atomic mass is 35.5. The Kier molecular flexibility index (Phi) is 6.19. The largest absolute Gasteiger partial charge is 0.497 e. The van der Waals surface area contributed by atoms with Crippen molar-refractivity contribution in [2.45, 2.75) is 0 Å². The Morgan fingerprint density at radius 2 is 1.86 bits per heavy atom. The van der Waals surface area contributed by atoms with Crippen molar-refractivity contribution in [1.29, 1.82) is 5.26 Å². The Balaban J connectivity index is 2.01. The van der Waals surface area contributed by atoms with Crippen LogP contribution in [0.5, 0.6) is 17.2 Å². The minimum absolute atomic E-state index is 0.431. The Morgan fingerprint density at radius 1 is 1.07 bits per heavy atom. The molecule has 1 heterocycles. The first-order valence-corrected chi connectivity index (χ1v) is 9.49. The minimum Gasteiger partial charge on any atom is -0.497 e. The fourth-order valence-corrected chi connectivity index (χ4v) is 3.59. The molecule has 0 saturated carbocycles. The minimum atomic E-state index is 0.431. The molecule has 0 radical (unpaired) electrons. The number of hydrogen-bond donors (Lipinski definition) is 0. The molecule has 0 unspecified atom stereocenters. The van der Waals surface area contributed by atoms with Crippen LogP contribution in [0.3, 0.4) is 0 Å². The number of ether oxygens (including phenoxy) is 3. The third-order valence-electron chi connectivity index (χ3n) is 4.03. The van der Waals surface area contributed by atoms with E-state index in [4.69, 9.17) is 25.8 Å². The zero-order valence-corrected chi connectivity index (χ0v) is 17.1. The Morgan fingerprint density at radius 3 is 2.54 bits per heavy atom. The van der Waals surface area contributed by atoms with Gasteiger partial charge in [-0.1, -0.05) is 11.6 Å². The second-order valence-corrected chi connectivity index (χ2v) is 6.95. The van der Waals surface area contributed by atoms with Crippen LogP contribution < -0.4 is 14.2 Å². The highest BCUT2D eigenvalue weighted by Crippen LogP contribution is 2.35. The van der Waals surface area contributed by atoms with E-state index in [0.717, 1.165) is 11.1 Å². The van der Waals surface area contributed by atoms with E-state index in [-0.39, 0.29) is 0 Å².